The van der Waals surface area contributed by atoms with Crippen LogP contribution in [0.5, 0.6) is 0 Å². The lowest BCUT2D eigenvalue weighted by Crippen LogP contribution is -2.45. The number of hydrogen-bond donors (Lipinski definition) is 2. The minimum absolute atomic E-state index is 0.102. The number of aryl methyl sites for hydroxylation is 1. The summed E-state index contributed by atoms with van der Waals surface area (Å²) in [6.07, 6.45) is 3.57. The maximum atomic E-state index is 6.35. The molecular weight excluding hydrogens is 284 g/mol. The normalized spacial score (nSPS) is 13.4. The van der Waals surface area contributed by atoms with Gasteiger partial charge in [0.2, 0.25) is 0 Å². The van der Waals surface area contributed by atoms with E-state index in [1.807, 2.05) is 13.1 Å². The minimum Gasteiger partial charge on any atom is -0.271 e. The molecule has 0 aliphatic heterocycles. The van der Waals surface area contributed by atoms with Crippen LogP contribution in [0.3, 0.4) is 0 Å². The quantitative estimate of drug-likeness (QED) is 0.636. The van der Waals surface area contributed by atoms with Gasteiger partial charge in [0.15, 0.2) is 0 Å². The maximum absolute atomic E-state index is 6.35. The topological polar surface area (TPSA) is 55.9 Å². The highest BCUT2D eigenvalue weighted by atomic mass is 35.5. The Kier molecular flexibility index (Phi) is 5.04. The fourth-order valence-electron chi connectivity index (χ4n) is 3.25. The van der Waals surface area contributed by atoms with Gasteiger partial charge in [-0.25, -0.2) is 0 Å². The summed E-state index contributed by atoms with van der Waals surface area (Å²) in [4.78, 5) is 0. The van der Waals surface area contributed by atoms with Gasteiger partial charge in [-0.1, -0.05) is 55.8 Å². The zero-order valence-corrected chi connectivity index (χ0v) is 13.6. The molecule has 1 unspecified atom stereocenters. The van der Waals surface area contributed by atoms with Crippen molar-refractivity contribution in [2.24, 2.45) is 12.9 Å². The second kappa shape index (κ2) is 6.60. The van der Waals surface area contributed by atoms with Crippen molar-refractivity contribution in [2.45, 2.75) is 38.1 Å². The first-order valence-corrected chi connectivity index (χ1v) is 7.67. The monoisotopic (exact) mass is 306 g/mol. The number of nitrogens with zero attached hydrogens (tertiary/aromatic N) is 2. The summed E-state index contributed by atoms with van der Waals surface area (Å²) in [5, 5.41) is 4.89. The van der Waals surface area contributed by atoms with Crippen LogP contribution in [0.25, 0.3) is 0 Å². The number of nitrogens with two attached hydrogens (primary N) is 1. The van der Waals surface area contributed by atoms with E-state index in [0.717, 1.165) is 18.5 Å². The van der Waals surface area contributed by atoms with Crippen LogP contribution >= 0.6 is 11.6 Å². The molecule has 0 aliphatic rings. The molecule has 1 atom stereocenters. The van der Waals surface area contributed by atoms with Crippen LogP contribution < -0.4 is 11.3 Å². The van der Waals surface area contributed by atoms with Gasteiger partial charge in [0, 0.05) is 12.5 Å². The van der Waals surface area contributed by atoms with Crippen molar-refractivity contribution >= 4 is 11.6 Å². The van der Waals surface area contributed by atoms with E-state index < -0.39 is 0 Å². The standard InChI is InChI=1S/C16H23ClN4/c1-4-16(5-2,12-9-7-6-8-10-12)15(20-18)14-13(17)11-19-21(14)3/h6-11,15,20H,4-5,18H2,1-3H3. The summed E-state index contributed by atoms with van der Waals surface area (Å²) < 4.78 is 1.80. The van der Waals surface area contributed by atoms with Gasteiger partial charge in [0.05, 0.1) is 23.0 Å². The first-order valence-electron chi connectivity index (χ1n) is 7.29. The molecule has 114 valence electrons. The van der Waals surface area contributed by atoms with Gasteiger partial charge >= 0.3 is 0 Å². The molecule has 0 radical (unpaired) electrons. The van der Waals surface area contributed by atoms with Crippen molar-refractivity contribution in [1.29, 1.82) is 0 Å². The fourth-order valence-corrected chi connectivity index (χ4v) is 3.52. The molecule has 0 saturated heterocycles. The van der Waals surface area contributed by atoms with Gasteiger partial charge in [-0.3, -0.25) is 16.0 Å². The van der Waals surface area contributed by atoms with Crippen LogP contribution in [-0.4, -0.2) is 9.78 Å². The Bertz CT molecular complexity index is 556. The van der Waals surface area contributed by atoms with Crippen molar-refractivity contribution < 1.29 is 0 Å². The molecule has 1 aromatic carbocycles. The molecule has 21 heavy (non-hydrogen) atoms. The lowest BCUT2D eigenvalue weighted by Gasteiger charge is -2.40. The predicted octanol–water partition coefficient (Wildman–Crippen LogP) is 3.34. The summed E-state index contributed by atoms with van der Waals surface area (Å²) in [7, 11) is 1.90. The third-order valence-corrected chi connectivity index (χ3v) is 4.83. The Morgan fingerprint density at radius 3 is 2.33 bits per heavy atom. The van der Waals surface area contributed by atoms with Crippen LogP contribution in [0.2, 0.25) is 5.02 Å². The first-order chi connectivity index (χ1) is 10.1. The van der Waals surface area contributed by atoms with E-state index in [9.17, 15) is 0 Å². The highest BCUT2D eigenvalue weighted by molar-refractivity contribution is 6.31. The molecular formula is C16H23ClN4. The van der Waals surface area contributed by atoms with Gasteiger partial charge in [-0.2, -0.15) is 5.10 Å². The van der Waals surface area contributed by atoms with Crippen molar-refractivity contribution in [3.05, 3.63) is 52.8 Å². The Morgan fingerprint density at radius 1 is 1.29 bits per heavy atom. The van der Waals surface area contributed by atoms with Crippen molar-refractivity contribution in [3.63, 3.8) is 0 Å². The van der Waals surface area contributed by atoms with Crippen LogP contribution in [0.1, 0.15) is 44.0 Å². The summed E-state index contributed by atoms with van der Waals surface area (Å²) >= 11 is 6.35. The van der Waals surface area contributed by atoms with Gasteiger partial charge in [0.1, 0.15) is 0 Å². The van der Waals surface area contributed by atoms with E-state index in [1.165, 1.54) is 5.56 Å². The number of benzene rings is 1. The highest BCUT2D eigenvalue weighted by Gasteiger charge is 2.40. The molecule has 0 amide bonds. The highest BCUT2D eigenvalue weighted by Crippen LogP contribution is 2.44. The van der Waals surface area contributed by atoms with E-state index in [-0.39, 0.29) is 11.5 Å². The molecule has 3 N–H and O–H groups in total. The van der Waals surface area contributed by atoms with Crippen molar-refractivity contribution in [2.75, 3.05) is 0 Å². The largest absolute Gasteiger partial charge is 0.271 e. The Labute approximate surface area is 131 Å². The minimum atomic E-state index is -0.132. The van der Waals surface area contributed by atoms with Gasteiger partial charge in [0.25, 0.3) is 0 Å². The number of halogens is 1. The fraction of sp³-hybridized carbons (Fsp3) is 0.438. The van der Waals surface area contributed by atoms with E-state index in [2.05, 4.69) is 48.6 Å². The predicted molar refractivity (Wildman–Crippen MR) is 87.0 cm³/mol. The van der Waals surface area contributed by atoms with Crippen LogP contribution in [0.4, 0.5) is 0 Å². The van der Waals surface area contributed by atoms with Crippen molar-refractivity contribution in [1.82, 2.24) is 15.2 Å². The zero-order chi connectivity index (χ0) is 15.5. The molecule has 2 rings (SSSR count). The van der Waals surface area contributed by atoms with E-state index in [4.69, 9.17) is 17.4 Å². The summed E-state index contributed by atoms with van der Waals surface area (Å²) in [6, 6.07) is 10.4. The molecule has 1 aromatic heterocycles. The number of aromatic nitrogens is 2. The Morgan fingerprint density at radius 2 is 1.90 bits per heavy atom. The lowest BCUT2D eigenvalue weighted by atomic mass is 9.69. The smallest absolute Gasteiger partial charge is 0.0834 e. The SMILES string of the molecule is CCC(CC)(c1ccccc1)C(NN)c1c(Cl)cnn1C. The van der Waals surface area contributed by atoms with Crippen LogP contribution in [0, 0.1) is 0 Å². The molecule has 1 heterocycles. The zero-order valence-electron chi connectivity index (χ0n) is 12.8. The summed E-state index contributed by atoms with van der Waals surface area (Å²) in [5.41, 5.74) is 5.03. The third-order valence-electron chi connectivity index (χ3n) is 4.54. The lowest BCUT2D eigenvalue weighted by molar-refractivity contribution is 0.266. The molecule has 0 spiro atoms. The first kappa shape index (κ1) is 16.0. The average Bonchev–Trinajstić information content (AvgIpc) is 2.85. The van der Waals surface area contributed by atoms with E-state index in [1.54, 1.807) is 10.9 Å². The molecule has 0 saturated carbocycles. The number of rotatable bonds is 6. The second-order valence-electron chi connectivity index (χ2n) is 5.33. The molecule has 4 nitrogen and oxygen atoms in total. The molecule has 2 aromatic rings. The van der Waals surface area contributed by atoms with E-state index in [0.29, 0.717) is 5.02 Å². The Hall–Kier alpha value is -1.36. The second-order valence-corrected chi connectivity index (χ2v) is 5.74. The van der Waals surface area contributed by atoms with Gasteiger partial charge < -0.3 is 0 Å². The molecule has 0 fully saturated rings. The van der Waals surface area contributed by atoms with Crippen LogP contribution in [-0.2, 0) is 12.5 Å². The third kappa shape index (κ3) is 2.71. The maximum Gasteiger partial charge on any atom is 0.0834 e. The summed E-state index contributed by atoms with van der Waals surface area (Å²) in [6.45, 7) is 4.37. The molecule has 5 heteroatoms. The van der Waals surface area contributed by atoms with Gasteiger partial charge in [-0.05, 0) is 18.4 Å². The molecule has 0 bridgehead atoms. The Balaban J connectivity index is 2.60. The van der Waals surface area contributed by atoms with Gasteiger partial charge in [-0.15, -0.1) is 0 Å². The van der Waals surface area contributed by atoms with Crippen molar-refractivity contribution in [3.8, 4) is 0 Å². The number of hydrazine groups is 1. The summed E-state index contributed by atoms with van der Waals surface area (Å²) in [5.74, 6) is 5.93. The average molecular weight is 307 g/mol. The van der Waals surface area contributed by atoms with E-state index >= 15 is 0 Å². The number of hydrogen-bond acceptors (Lipinski definition) is 3. The molecule has 0 aliphatic carbocycles. The number of nitrogens with one attached hydrogen (secondary N) is 1. The van der Waals surface area contributed by atoms with Crippen LogP contribution in [0.15, 0.2) is 36.5 Å².